The molecule has 0 N–H and O–H groups in total. The molecular formula is C14H18N4O4S. The molecule has 0 aliphatic heterocycles. The number of esters is 1. The van der Waals surface area contributed by atoms with Gasteiger partial charge in [-0.2, -0.15) is 0 Å². The topological polar surface area (TPSA) is 96.2 Å². The number of hydrogen-bond donors (Lipinski definition) is 0. The number of nitrogens with zero attached hydrogens (tertiary/aromatic N) is 4. The number of carbonyl (C=O) groups is 2. The van der Waals surface area contributed by atoms with Crippen molar-refractivity contribution in [2.24, 2.45) is 0 Å². The maximum atomic E-state index is 11.6. The Morgan fingerprint density at radius 3 is 2.61 bits per heavy atom. The predicted molar refractivity (Wildman–Crippen MR) is 83.5 cm³/mol. The van der Waals surface area contributed by atoms with E-state index in [4.69, 9.17) is 9.57 Å². The summed E-state index contributed by atoms with van der Waals surface area (Å²) in [6.45, 7) is 3.80. The van der Waals surface area contributed by atoms with E-state index in [2.05, 4.69) is 15.0 Å². The van der Waals surface area contributed by atoms with Crippen molar-refractivity contribution < 1.29 is 19.2 Å². The molecule has 0 aliphatic rings. The number of thioether (sulfide) groups is 1. The lowest BCUT2D eigenvalue weighted by Gasteiger charge is -2.05. The lowest BCUT2D eigenvalue weighted by atomic mass is 10.3. The van der Waals surface area contributed by atoms with E-state index in [0.717, 1.165) is 6.42 Å². The van der Waals surface area contributed by atoms with E-state index in [1.165, 1.54) is 29.1 Å². The van der Waals surface area contributed by atoms with Crippen LogP contribution in [0.2, 0.25) is 0 Å². The van der Waals surface area contributed by atoms with Crippen molar-refractivity contribution in [1.29, 1.82) is 0 Å². The van der Waals surface area contributed by atoms with Crippen LogP contribution in [-0.4, -0.2) is 37.6 Å². The Morgan fingerprint density at radius 1 is 1.13 bits per heavy atom. The number of rotatable bonds is 8. The summed E-state index contributed by atoms with van der Waals surface area (Å²) in [6, 6.07) is 0. The molecule has 124 valence electrons. The van der Waals surface area contributed by atoms with Gasteiger partial charge in [-0.15, -0.1) is 4.73 Å². The Morgan fingerprint density at radius 2 is 1.87 bits per heavy atom. The molecule has 23 heavy (non-hydrogen) atoms. The SMILES string of the molecule is CCCC(=O)OCSc1ncnc2c1ncn2OC(=O)CCC. The summed E-state index contributed by atoms with van der Waals surface area (Å²) in [5.74, 6) is -0.453. The lowest BCUT2D eigenvalue weighted by Crippen LogP contribution is -2.18. The van der Waals surface area contributed by atoms with Crippen molar-refractivity contribution >= 4 is 34.9 Å². The van der Waals surface area contributed by atoms with Crippen LogP contribution >= 0.6 is 11.8 Å². The predicted octanol–water partition coefficient (Wildman–Crippen LogP) is 1.97. The van der Waals surface area contributed by atoms with E-state index in [1.807, 2.05) is 13.8 Å². The monoisotopic (exact) mass is 338 g/mol. The molecule has 2 rings (SSSR count). The molecular weight excluding hydrogens is 320 g/mol. The lowest BCUT2D eigenvalue weighted by molar-refractivity contribution is -0.144. The fourth-order valence-corrected chi connectivity index (χ4v) is 2.46. The zero-order valence-corrected chi connectivity index (χ0v) is 13.8. The molecule has 2 heterocycles. The molecule has 0 amide bonds. The van der Waals surface area contributed by atoms with Crippen LogP contribution in [0.1, 0.15) is 39.5 Å². The van der Waals surface area contributed by atoms with Gasteiger partial charge in [0, 0.05) is 12.8 Å². The third-order valence-corrected chi connectivity index (χ3v) is 3.60. The summed E-state index contributed by atoms with van der Waals surface area (Å²) in [6.07, 6.45) is 4.88. The summed E-state index contributed by atoms with van der Waals surface area (Å²) in [5, 5.41) is 0.560. The van der Waals surface area contributed by atoms with Crippen molar-refractivity contribution in [2.45, 2.75) is 44.6 Å². The summed E-state index contributed by atoms with van der Waals surface area (Å²) < 4.78 is 6.31. The molecule has 2 aromatic rings. The van der Waals surface area contributed by atoms with Gasteiger partial charge in [0.1, 0.15) is 29.1 Å². The molecule has 0 radical (unpaired) electrons. The number of imidazole rings is 1. The van der Waals surface area contributed by atoms with E-state index in [0.29, 0.717) is 35.5 Å². The van der Waals surface area contributed by atoms with E-state index >= 15 is 0 Å². The van der Waals surface area contributed by atoms with Gasteiger partial charge in [-0.05, 0) is 12.8 Å². The quantitative estimate of drug-likeness (QED) is 0.312. The highest BCUT2D eigenvalue weighted by molar-refractivity contribution is 7.99. The highest BCUT2D eigenvalue weighted by atomic mass is 32.2. The second-order valence-corrected chi connectivity index (χ2v) is 5.57. The summed E-state index contributed by atoms with van der Waals surface area (Å²) in [5.41, 5.74) is 0.889. The molecule has 0 aromatic carbocycles. The van der Waals surface area contributed by atoms with Gasteiger partial charge >= 0.3 is 11.9 Å². The minimum absolute atomic E-state index is 0.146. The number of fused-ring (bicyclic) bond motifs is 1. The first-order valence-electron chi connectivity index (χ1n) is 7.33. The van der Waals surface area contributed by atoms with Crippen LogP contribution in [0.3, 0.4) is 0 Å². The van der Waals surface area contributed by atoms with Crippen LogP contribution in [0, 0.1) is 0 Å². The van der Waals surface area contributed by atoms with E-state index in [1.54, 1.807) is 0 Å². The Kier molecular flexibility index (Phi) is 6.33. The van der Waals surface area contributed by atoms with Crippen LogP contribution in [0.25, 0.3) is 11.2 Å². The fraction of sp³-hybridized carbons (Fsp3) is 0.500. The third-order valence-electron chi connectivity index (χ3n) is 2.79. The van der Waals surface area contributed by atoms with Crippen molar-refractivity contribution in [3.05, 3.63) is 12.7 Å². The summed E-state index contributed by atoms with van der Waals surface area (Å²) >= 11 is 1.24. The van der Waals surface area contributed by atoms with Crippen LogP contribution in [0.5, 0.6) is 0 Å². The van der Waals surface area contributed by atoms with Crippen molar-refractivity contribution in [1.82, 2.24) is 19.7 Å². The average Bonchev–Trinajstić information content (AvgIpc) is 2.92. The Balaban J connectivity index is 2.06. The van der Waals surface area contributed by atoms with Gasteiger partial charge in [0.25, 0.3) is 0 Å². The summed E-state index contributed by atoms with van der Waals surface area (Å²) in [7, 11) is 0. The zero-order chi connectivity index (χ0) is 16.7. The van der Waals surface area contributed by atoms with Gasteiger partial charge < -0.3 is 9.57 Å². The molecule has 0 saturated heterocycles. The smallest absolute Gasteiger partial charge is 0.333 e. The second kappa shape index (κ2) is 8.47. The molecule has 0 saturated carbocycles. The van der Waals surface area contributed by atoms with E-state index in [9.17, 15) is 9.59 Å². The van der Waals surface area contributed by atoms with Crippen LogP contribution in [-0.2, 0) is 14.3 Å². The second-order valence-electron chi connectivity index (χ2n) is 4.66. The Bertz CT molecular complexity index is 688. The van der Waals surface area contributed by atoms with E-state index in [-0.39, 0.29) is 17.9 Å². The van der Waals surface area contributed by atoms with Gasteiger partial charge in [-0.3, -0.25) is 4.79 Å². The zero-order valence-electron chi connectivity index (χ0n) is 13.0. The molecule has 0 unspecified atom stereocenters. The minimum atomic E-state index is -0.354. The van der Waals surface area contributed by atoms with Gasteiger partial charge in [0.15, 0.2) is 0 Å². The van der Waals surface area contributed by atoms with Crippen molar-refractivity contribution in [2.75, 3.05) is 5.94 Å². The molecule has 9 heteroatoms. The third kappa shape index (κ3) is 4.65. The molecule has 2 aromatic heterocycles. The highest BCUT2D eigenvalue weighted by Gasteiger charge is 2.14. The Hall–Kier alpha value is -2.16. The first kappa shape index (κ1) is 17.2. The largest absolute Gasteiger partial charge is 0.454 e. The number of hydrogen-bond acceptors (Lipinski definition) is 8. The van der Waals surface area contributed by atoms with Crippen LogP contribution < -0.4 is 4.84 Å². The highest BCUT2D eigenvalue weighted by Crippen LogP contribution is 2.23. The molecule has 0 aliphatic carbocycles. The normalized spacial score (nSPS) is 10.7. The number of carbonyl (C=O) groups excluding carboxylic acids is 2. The maximum Gasteiger partial charge on any atom is 0.333 e. The standard InChI is InChI=1S/C14H18N4O4S/c1-3-5-10(19)21-9-23-14-12-13(15-7-16-14)18(8-17-12)22-11(20)6-4-2/h7-8H,3-6,9H2,1-2H3. The number of ether oxygens (including phenoxy) is 1. The first-order chi connectivity index (χ1) is 11.2. The fourth-order valence-electron chi connectivity index (χ4n) is 1.75. The molecule has 0 atom stereocenters. The van der Waals surface area contributed by atoms with Gasteiger partial charge in [-0.1, -0.05) is 25.6 Å². The minimum Gasteiger partial charge on any atom is -0.454 e. The van der Waals surface area contributed by atoms with E-state index < -0.39 is 0 Å². The average molecular weight is 338 g/mol. The number of aromatic nitrogens is 4. The molecule has 8 nitrogen and oxygen atoms in total. The Labute approximate surface area is 137 Å². The molecule has 0 fully saturated rings. The summed E-state index contributed by atoms with van der Waals surface area (Å²) in [4.78, 5) is 40.4. The van der Waals surface area contributed by atoms with Crippen molar-refractivity contribution in [3.8, 4) is 0 Å². The first-order valence-corrected chi connectivity index (χ1v) is 8.31. The van der Waals surface area contributed by atoms with Gasteiger partial charge in [-0.25, -0.2) is 19.7 Å². The molecule has 0 spiro atoms. The van der Waals surface area contributed by atoms with Crippen molar-refractivity contribution in [3.63, 3.8) is 0 Å². The van der Waals surface area contributed by atoms with Crippen LogP contribution in [0.15, 0.2) is 17.7 Å². The maximum absolute atomic E-state index is 11.6. The van der Waals surface area contributed by atoms with Gasteiger partial charge in [0.2, 0.25) is 5.65 Å². The van der Waals surface area contributed by atoms with Gasteiger partial charge in [0.05, 0.1) is 0 Å². The molecule has 0 bridgehead atoms. The van der Waals surface area contributed by atoms with Crippen LogP contribution in [0.4, 0.5) is 0 Å².